The van der Waals surface area contributed by atoms with E-state index in [2.05, 4.69) is 5.32 Å². The van der Waals surface area contributed by atoms with Crippen molar-refractivity contribution in [3.8, 4) is 16.9 Å². The first kappa shape index (κ1) is 20.9. The van der Waals surface area contributed by atoms with Gasteiger partial charge >= 0.3 is 5.97 Å². The van der Waals surface area contributed by atoms with E-state index in [0.717, 1.165) is 41.8 Å². The normalized spacial score (nSPS) is 18.1. The zero-order valence-electron chi connectivity index (χ0n) is 17.1. The summed E-state index contributed by atoms with van der Waals surface area (Å²) in [6, 6.07) is 15.2. The molecule has 0 saturated carbocycles. The van der Waals surface area contributed by atoms with Crippen molar-refractivity contribution >= 4 is 11.9 Å². The first-order valence-electron chi connectivity index (χ1n) is 9.83. The van der Waals surface area contributed by atoms with Gasteiger partial charge in [0.15, 0.2) is 0 Å². The Morgan fingerprint density at radius 2 is 1.90 bits per heavy atom. The second kappa shape index (κ2) is 8.66. The van der Waals surface area contributed by atoms with E-state index in [1.54, 1.807) is 21.1 Å². The molecule has 6 nitrogen and oxygen atoms in total. The number of hydrogen-bond acceptors (Lipinski definition) is 4. The standard InChI is InChI=1S/C23H28N2O4/c1-23(22(27)28,25(2)21(26)19-8-6-14-24-19)15-16-10-12-17(13-11-16)18-7-4-5-9-20(18)29-3/h4-5,7,9-13,19,24H,6,8,14-15H2,1-3H3,(H,27,28)/t19-,23-/m0/s1. The molecule has 1 heterocycles. The topological polar surface area (TPSA) is 78.9 Å². The summed E-state index contributed by atoms with van der Waals surface area (Å²) in [6.45, 7) is 2.40. The van der Waals surface area contributed by atoms with Crippen molar-refractivity contribution in [2.45, 2.75) is 37.8 Å². The van der Waals surface area contributed by atoms with Crippen molar-refractivity contribution in [1.82, 2.24) is 10.2 Å². The average molecular weight is 396 g/mol. The zero-order chi connectivity index (χ0) is 21.0. The lowest BCUT2D eigenvalue weighted by molar-refractivity contribution is -0.157. The lowest BCUT2D eigenvalue weighted by Gasteiger charge is -2.36. The number of benzene rings is 2. The number of carboxylic acids is 1. The molecule has 2 atom stereocenters. The maximum absolute atomic E-state index is 12.8. The van der Waals surface area contributed by atoms with Crippen LogP contribution in [0.1, 0.15) is 25.3 Å². The van der Waals surface area contributed by atoms with Crippen LogP contribution in [0, 0.1) is 0 Å². The molecular formula is C23H28N2O4. The molecule has 1 saturated heterocycles. The van der Waals surface area contributed by atoms with E-state index in [0.29, 0.717) is 0 Å². The summed E-state index contributed by atoms with van der Waals surface area (Å²) in [5.41, 5.74) is 1.49. The zero-order valence-corrected chi connectivity index (χ0v) is 17.1. The smallest absolute Gasteiger partial charge is 0.329 e. The first-order valence-corrected chi connectivity index (χ1v) is 9.83. The summed E-state index contributed by atoms with van der Waals surface area (Å²) >= 11 is 0. The number of rotatable bonds is 7. The van der Waals surface area contributed by atoms with Crippen molar-refractivity contribution in [1.29, 1.82) is 0 Å². The number of ether oxygens (including phenoxy) is 1. The van der Waals surface area contributed by atoms with Crippen LogP contribution >= 0.6 is 0 Å². The Bertz CT molecular complexity index is 875. The van der Waals surface area contributed by atoms with Gasteiger partial charge in [-0.25, -0.2) is 4.79 Å². The van der Waals surface area contributed by atoms with Crippen LogP contribution in [-0.4, -0.2) is 54.2 Å². The highest BCUT2D eigenvalue weighted by Crippen LogP contribution is 2.30. The quantitative estimate of drug-likeness (QED) is 0.752. The Hall–Kier alpha value is -2.86. The molecule has 1 aliphatic heterocycles. The van der Waals surface area contributed by atoms with Crippen LogP contribution in [0.4, 0.5) is 0 Å². The molecule has 6 heteroatoms. The largest absolute Gasteiger partial charge is 0.496 e. The van der Waals surface area contributed by atoms with E-state index in [4.69, 9.17) is 4.74 Å². The molecule has 0 aliphatic carbocycles. The summed E-state index contributed by atoms with van der Waals surface area (Å²) < 4.78 is 5.42. The highest BCUT2D eigenvalue weighted by atomic mass is 16.5. The van der Waals surface area contributed by atoms with Crippen LogP contribution in [0.3, 0.4) is 0 Å². The number of methoxy groups -OCH3 is 1. The van der Waals surface area contributed by atoms with Crippen molar-refractivity contribution in [2.24, 2.45) is 0 Å². The Balaban J connectivity index is 1.81. The van der Waals surface area contributed by atoms with Gasteiger partial charge in [-0.3, -0.25) is 4.79 Å². The predicted octanol–water partition coefficient (Wildman–Crippen LogP) is 2.96. The molecule has 1 fully saturated rings. The molecule has 0 bridgehead atoms. The van der Waals surface area contributed by atoms with Gasteiger partial charge < -0.3 is 20.1 Å². The maximum atomic E-state index is 12.8. The van der Waals surface area contributed by atoms with Gasteiger partial charge in [0.2, 0.25) is 5.91 Å². The molecule has 1 aliphatic rings. The number of nitrogens with zero attached hydrogens (tertiary/aromatic N) is 1. The number of para-hydroxylation sites is 1. The monoisotopic (exact) mass is 396 g/mol. The lowest BCUT2D eigenvalue weighted by Crippen LogP contribution is -2.58. The molecule has 0 aromatic heterocycles. The summed E-state index contributed by atoms with van der Waals surface area (Å²) in [7, 11) is 3.22. The van der Waals surface area contributed by atoms with Crippen molar-refractivity contribution in [3.63, 3.8) is 0 Å². The van der Waals surface area contributed by atoms with Crippen LogP contribution in [0.25, 0.3) is 11.1 Å². The highest BCUT2D eigenvalue weighted by molar-refractivity contribution is 5.89. The second-order valence-corrected chi connectivity index (χ2v) is 7.70. The molecule has 1 amide bonds. The van der Waals surface area contributed by atoms with Crippen LogP contribution in [-0.2, 0) is 16.0 Å². The molecule has 0 spiro atoms. The fourth-order valence-electron chi connectivity index (χ4n) is 3.79. The van der Waals surface area contributed by atoms with Gasteiger partial charge in [0, 0.05) is 19.0 Å². The molecular weight excluding hydrogens is 368 g/mol. The third-order valence-corrected chi connectivity index (χ3v) is 5.81. The van der Waals surface area contributed by atoms with Crippen molar-refractivity contribution < 1.29 is 19.4 Å². The van der Waals surface area contributed by atoms with Crippen LogP contribution in [0.15, 0.2) is 48.5 Å². The van der Waals surface area contributed by atoms with Gasteiger partial charge in [-0.15, -0.1) is 0 Å². The molecule has 3 rings (SSSR count). The van der Waals surface area contributed by atoms with Gasteiger partial charge in [-0.2, -0.15) is 0 Å². The Morgan fingerprint density at radius 3 is 2.48 bits per heavy atom. The fraction of sp³-hybridized carbons (Fsp3) is 0.391. The van der Waals surface area contributed by atoms with Gasteiger partial charge in [0.25, 0.3) is 0 Å². The fourth-order valence-corrected chi connectivity index (χ4v) is 3.79. The highest BCUT2D eigenvalue weighted by Gasteiger charge is 2.42. The second-order valence-electron chi connectivity index (χ2n) is 7.70. The third-order valence-electron chi connectivity index (χ3n) is 5.81. The molecule has 0 unspecified atom stereocenters. The Labute approximate surface area is 171 Å². The summed E-state index contributed by atoms with van der Waals surface area (Å²) in [5, 5.41) is 13.1. The Kier molecular flexibility index (Phi) is 6.23. The number of likely N-dealkylation sites (N-methyl/N-ethyl adjacent to an activating group) is 1. The van der Waals surface area contributed by atoms with E-state index in [1.807, 2.05) is 48.5 Å². The maximum Gasteiger partial charge on any atom is 0.329 e. The molecule has 29 heavy (non-hydrogen) atoms. The number of amides is 1. The SMILES string of the molecule is COc1ccccc1-c1ccc(C[C@@](C)(C(=O)O)N(C)C(=O)[C@@H]2CCCN2)cc1. The number of hydrogen-bond donors (Lipinski definition) is 2. The molecule has 2 N–H and O–H groups in total. The Morgan fingerprint density at radius 1 is 1.21 bits per heavy atom. The molecule has 0 radical (unpaired) electrons. The minimum Gasteiger partial charge on any atom is -0.496 e. The minimum atomic E-state index is -1.33. The van der Waals surface area contributed by atoms with Gasteiger partial charge in [0.1, 0.15) is 11.3 Å². The van der Waals surface area contributed by atoms with Gasteiger partial charge in [0.05, 0.1) is 13.2 Å². The van der Waals surface area contributed by atoms with Crippen LogP contribution in [0.2, 0.25) is 0 Å². The van der Waals surface area contributed by atoms with E-state index in [1.165, 1.54) is 4.90 Å². The van der Waals surface area contributed by atoms with Gasteiger partial charge in [-0.05, 0) is 43.5 Å². The van der Waals surface area contributed by atoms with E-state index < -0.39 is 11.5 Å². The number of carbonyl (C=O) groups is 2. The van der Waals surface area contributed by atoms with Crippen molar-refractivity contribution in [3.05, 3.63) is 54.1 Å². The lowest BCUT2D eigenvalue weighted by atomic mass is 9.89. The summed E-state index contributed by atoms with van der Waals surface area (Å²) in [4.78, 5) is 26.3. The van der Waals surface area contributed by atoms with Crippen LogP contribution < -0.4 is 10.1 Å². The number of carboxylic acid groups (broad SMARTS) is 1. The summed E-state index contributed by atoms with van der Waals surface area (Å²) in [6.07, 6.45) is 1.90. The predicted molar refractivity (Wildman–Crippen MR) is 112 cm³/mol. The van der Waals surface area contributed by atoms with Gasteiger partial charge in [-0.1, -0.05) is 42.5 Å². The van der Waals surface area contributed by atoms with E-state index in [-0.39, 0.29) is 18.4 Å². The number of carbonyl (C=O) groups excluding carboxylic acids is 1. The number of aliphatic carboxylic acids is 1. The first-order chi connectivity index (χ1) is 13.9. The average Bonchev–Trinajstić information content (AvgIpc) is 3.28. The molecule has 2 aromatic rings. The third kappa shape index (κ3) is 4.27. The number of nitrogens with one attached hydrogen (secondary N) is 1. The van der Waals surface area contributed by atoms with E-state index >= 15 is 0 Å². The minimum absolute atomic E-state index is 0.168. The van der Waals surface area contributed by atoms with Crippen molar-refractivity contribution in [2.75, 3.05) is 20.7 Å². The summed E-state index contributed by atoms with van der Waals surface area (Å²) in [5.74, 6) is -0.400. The van der Waals surface area contributed by atoms with Crippen LogP contribution in [0.5, 0.6) is 5.75 Å². The van der Waals surface area contributed by atoms with E-state index in [9.17, 15) is 14.7 Å². The molecule has 2 aromatic carbocycles. The molecule has 154 valence electrons.